The van der Waals surface area contributed by atoms with Gasteiger partial charge in [0.2, 0.25) is 10.0 Å². The maximum atomic E-state index is 13.6. The summed E-state index contributed by atoms with van der Waals surface area (Å²) in [7, 11) is -2.36. The molecular weight excluding hydrogens is 434 g/mol. The molecule has 0 aliphatic heterocycles. The predicted octanol–water partition coefficient (Wildman–Crippen LogP) is 2.22. The van der Waals surface area contributed by atoms with Crippen LogP contribution in [-0.4, -0.2) is 37.1 Å². The standard InChI is InChI=1S/C21H23N5O3S2/c1-12-5-6-14(11-13(12)2)19-25-20(30-4)17(18(22)24-3)21(27)26(19)15-7-9-16(10-8-15)31(23,28)29/h5-11H,1-4H3,(H2,22,24)(H2,23,28,29). The highest BCUT2D eigenvalue weighted by Gasteiger charge is 2.21. The highest BCUT2D eigenvalue weighted by Crippen LogP contribution is 2.26. The Morgan fingerprint density at radius 3 is 2.26 bits per heavy atom. The fourth-order valence-electron chi connectivity index (χ4n) is 3.08. The Morgan fingerprint density at radius 2 is 1.74 bits per heavy atom. The van der Waals surface area contributed by atoms with Crippen LogP contribution < -0.4 is 16.4 Å². The number of hydrogen-bond donors (Lipinski definition) is 2. The van der Waals surface area contributed by atoms with E-state index in [0.29, 0.717) is 16.5 Å². The van der Waals surface area contributed by atoms with Crippen LogP contribution in [0.4, 0.5) is 0 Å². The number of nitrogens with zero attached hydrogens (tertiary/aromatic N) is 3. The van der Waals surface area contributed by atoms with Crippen molar-refractivity contribution in [3.63, 3.8) is 0 Å². The van der Waals surface area contributed by atoms with Gasteiger partial charge in [-0.15, -0.1) is 11.8 Å². The number of aryl methyl sites for hydroxylation is 2. The average molecular weight is 458 g/mol. The normalized spacial score (nSPS) is 12.2. The van der Waals surface area contributed by atoms with E-state index in [1.807, 2.05) is 38.3 Å². The van der Waals surface area contributed by atoms with Crippen molar-refractivity contribution in [2.75, 3.05) is 13.3 Å². The van der Waals surface area contributed by atoms with Crippen molar-refractivity contribution in [3.05, 3.63) is 69.5 Å². The molecule has 0 saturated carbocycles. The number of benzene rings is 2. The minimum absolute atomic E-state index is 0.0550. The molecular formula is C21H23N5O3S2. The largest absolute Gasteiger partial charge is 0.383 e. The fraction of sp³-hybridized carbons (Fsp3) is 0.190. The molecule has 8 nitrogen and oxygen atoms in total. The maximum Gasteiger partial charge on any atom is 0.270 e. The molecule has 3 rings (SSSR count). The second-order valence-electron chi connectivity index (χ2n) is 6.91. The van der Waals surface area contributed by atoms with Crippen molar-refractivity contribution in [3.8, 4) is 17.1 Å². The molecule has 0 bridgehead atoms. The van der Waals surface area contributed by atoms with Gasteiger partial charge in [-0.25, -0.2) is 18.5 Å². The second-order valence-corrected chi connectivity index (χ2v) is 9.26. The van der Waals surface area contributed by atoms with E-state index in [1.54, 1.807) is 0 Å². The summed E-state index contributed by atoms with van der Waals surface area (Å²) < 4.78 is 24.7. The van der Waals surface area contributed by atoms with Gasteiger partial charge in [0.1, 0.15) is 22.2 Å². The molecule has 3 aromatic rings. The summed E-state index contributed by atoms with van der Waals surface area (Å²) in [4.78, 5) is 22.2. The zero-order valence-corrected chi connectivity index (χ0v) is 19.2. The van der Waals surface area contributed by atoms with Crippen molar-refractivity contribution >= 4 is 27.6 Å². The number of rotatable bonds is 5. The van der Waals surface area contributed by atoms with Crippen molar-refractivity contribution < 1.29 is 8.42 Å². The predicted molar refractivity (Wildman–Crippen MR) is 125 cm³/mol. The van der Waals surface area contributed by atoms with E-state index in [-0.39, 0.29) is 16.3 Å². The van der Waals surface area contributed by atoms with E-state index in [1.165, 1.54) is 47.6 Å². The van der Waals surface area contributed by atoms with Crippen LogP contribution in [0, 0.1) is 13.8 Å². The van der Waals surface area contributed by atoms with Gasteiger partial charge in [-0.05, 0) is 61.6 Å². The molecule has 0 aliphatic rings. The van der Waals surface area contributed by atoms with E-state index >= 15 is 0 Å². The third-order valence-corrected chi connectivity index (χ3v) is 6.54. The zero-order valence-electron chi connectivity index (χ0n) is 17.6. The van der Waals surface area contributed by atoms with Gasteiger partial charge in [0.05, 0.1) is 10.6 Å². The summed E-state index contributed by atoms with van der Waals surface area (Å²) in [5, 5.41) is 5.66. The minimum atomic E-state index is -3.87. The Hall–Kier alpha value is -2.95. The first-order valence-corrected chi connectivity index (χ1v) is 12.0. The van der Waals surface area contributed by atoms with Crippen molar-refractivity contribution in [1.29, 1.82) is 0 Å². The molecule has 1 aromatic heterocycles. The van der Waals surface area contributed by atoms with Gasteiger partial charge in [-0.1, -0.05) is 12.1 Å². The van der Waals surface area contributed by atoms with Crippen LogP contribution in [0.1, 0.15) is 16.7 Å². The van der Waals surface area contributed by atoms with Crippen LogP contribution in [0.5, 0.6) is 0 Å². The van der Waals surface area contributed by atoms with Gasteiger partial charge < -0.3 is 5.73 Å². The van der Waals surface area contributed by atoms with E-state index < -0.39 is 15.6 Å². The molecule has 10 heteroatoms. The summed E-state index contributed by atoms with van der Waals surface area (Å²) in [6, 6.07) is 11.5. The number of hydrogen-bond acceptors (Lipinski definition) is 6. The molecule has 0 amide bonds. The lowest BCUT2D eigenvalue weighted by Gasteiger charge is -2.17. The summed E-state index contributed by atoms with van der Waals surface area (Å²) >= 11 is 1.30. The number of aliphatic imine (C=N–C) groups is 1. The summed E-state index contributed by atoms with van der Waals surface area (Å²) in [5.74, 6) is 0.483. The Bertz CT molecular complexity index is 1340. The molecule has 0 atom stereocenters. The first-order valence-electron chi connectivity index (χ1n) is 9.23. The number of nitrogens with two attached hydrogens (primary N) is 2. The molecule has 31 heavy (non-hydrogen) atoms. The quantitative estimate of drug-likeness (QED) is 0.261. The van der Waals surface area contributed by atoms with Gasteiger partial charge in [-0.2, -0.15) is 0 Å². The Balaban J connectivity index is 2.41. The van der Waals surface area contributed by atoms with Crippen LogP contribution in [0.25, 0.3) is 17.1 Å². The fourth-order valence-corrected chi connectivity index (χ4v) is 4.17. The number of primary sulfonamides is 1. The summed E-state index contributed by atoms with van der Waals surface area (Å²) in [6.07, 6.45) is 1.81. The second kappa shape index (κ2) is 8.66. The topological polar surface area (TPSA) is 133 Å². The SMILES string of the molecule is CN=C(N)c1c(SC)nc(-c2ccc(C)c(C)c2)n(-c2ccc(S(N)(=O)=O)cc2)c1=O. The van der Waals surface area contributed by atoms with E-state index in [9.17, 15) is 13.2 Å². The van der Waals surface area contributed by atoms with Crippen molar-refractivity contribution in [1.82, 2.24) is 9.55 Å². The third-order valence-electron chi connectivity index (χ3n) is 4.93. The van der Waals surface area contributed by atoms with Crippen LogP contribution >= 0.6 is 11.8 Å². The molecule has 0 radical (unpaired) electrons. The Morgan fingerprint density at radius 1 is 1.10 bits per heavy atom. The number of thioether (sulfide) groups is 1. The summed E-state index contributed by atoms with van der Waals surface area (Å²) in [6.45, 7) is 3.98. The number of amidine groups is 1. The highest BCUT2D eigenvalue weighted by molar-refractivity contribution is 7.98. The molecule has 162 valence electrons. The van der Waals surface area contributed by atoms with Crippen LogP contribution in [0.2, 0.25) is 0 Å². The van der Waals surface area contributed by atoms with Gasteiger partial charge in [0.25, 0.3) is 5.56 Å². The van der Waals surface area contributed by atoms with E-state index in [4.69, 9.17) is 15.9 Å². The number of aromatic nitrogens is 2. The van der Waals surface area contributed by atoms with Crippen LogP contribution in [-0.2, 0) is 10.0 Å². The van der Waals surface area contributed by atoms with Crippen molar-refractivity contribution in [2.45, 2.75) is 23.8 Å². The van der Waals surface area contributed by atoms with E-state index in [0.717, 1.165) is 16.7 Å². The lowest BCUT2D eigenvalue weighted by atomic mass is 10.1. The summed E-state index contributed by atoms with van der Waals surface area (Å²) in [5.41, 5.74) is 9.13. The molecule has 1 heterocycles. The first kappa shape index (κ1) is 22.7. The zero-order chi connectivity index (χ0) is 22.9. The first-order chi connectivity index (χ1) is 14.6. The minimum Gasteiger partial charge on any atom is -0.383 e. The lowest BCUT2D eigenvalue weighted by molar-refractivity contribution is 0.598. The Labute approximate surface area is 185 Å². The molecule has 0 unspecified atom stereocenters. The average Bonchev–Trinajstić information content (AvgIpc) is 2.74. The maximum absolute atomic E-state index is 13.6. The van der Waals surface area contributed by atoms with Crippen molar-refractivity contribution in [2.24, 2.45) is 15.9 Å². The van der Waals surface area contributed by atoms with Crippen LogP contribution in [0.3, 0.4) is 0 Å². The molecule has 4 N–H and O–H groups in total. The molecule has 0 fully saturated rings. The number of sulfonamides is 1. The lowest BCUT2D eigenvalue weighted by Crippen LogP contribution is -2.32. The third kappa shape index (κ3) is 4.41. The molecule has 0 saturated heterocycles. The smallest absolute Gasteiger partial charge is 0.270 e. The Kier molecular flexibility index (Phi) is 6.35. The van der Waals surface area contributed by atoms with E-state index in [2.05, 4.69) is 4.99 Å². The molecule has 0 spiro atoms. The molecule has 2 aromatic carbocycles. The monoisotopic (exact) mass is 457 g/mol. The van der Waals surface area contributed by atoms with Gasteiger partial charge >= 0.3 is 0 Å². The van der Waals surface area contributed by atoms with Crippen LogP contribution in [0.15, 0.2) is 62.2 Å². The van der Waals surface area contributed by atoms with Gasteiger partial charge in [0.15, 0.2) is 0 Å². The van der Waals surface area contributed by atoms with Gasteiger partial charge in [-0.3, -0.25) is 14.4 Å². The highest BCUT2D eigenvalue weighted by atomic mass is 32.2. The molecule has 0 aliphatic carbocycles. The van der Waals surface area contributed by atoms with Gasteiger partial charge in [0, 0.05) is 12.6 Å².